The van der Waals surface area contributed by atoms with Crippen molar-refractivity contribution in [2.75, 3.05) is 7.11 Å². The van der Waals surface area contributed by atoms with E-state index in [1.54, 1.807) is 66.7 Å². The van der Waals surface area contributed by atoms with Gasteiger partial charge in [0.25, 0.3) is 0 Å². The molecule has 3 aromatic carbocycles. The summed E-state index contributed by atoms with van der Waals surface area (Å²) in [6, 6.07) is 20.7. The van der Waals surface area contributed by atoms with Crippen molar-refractivity contribution >= 4 is 23.5 Å². The van der Waals surface area contributed by atoms with Crippen molar-refractivity contribution in [3.63, 3.8) is 0 Å². The van der Waals surface area contributed by atoms with Gasteiger partial charge in [-0.15, -0.1) is 0 Å². The minimum Gasteiger partial charge on any atom is -0.466 e. The highest BCUT2D eigenvalue weighted by molar-refractivity contribution is 6.31. The van der Waals surface area contributed by atoms with Crippen molar-refractivity contribution in [3.8, 4) is 11.1 Å². The van der Waals surface area contributed by atoms with E-state index in [-0.39, 0.29) is 12.2 Å². The molecular formula is C23H19ClO5. The Morgan fingerprint density at radius 3 is 2.45 bits per heavy atom. The summed E-state index contributed by atoms with van der Waals surface area (Å²) in [6.07, 6.45) is -1.29. The molecule has 0 aliphatic carbocycles. The Balaban J connectivity index is 1.98. The van der Waals surface area contributed by atoms with Crippen molar-refractivity contribution in [2.45, 2.75) is 12.7 Å². The summed E-state index contributed by atoms with van der Waals surface area (Å²) < 4.78 is 10.3. The van der Waals surface area contributed by atoms with Crippen LogP contribution >= 0.6 is 11.6 Å². The SMILES string of the molecule is COC(=O)C(OC(=O)c1ccccc1-c1cccc(CO)c1)c1ccccc1Cl. The largest absolute Gasteiger partial charge is 0.466 e. The lowest BCUT2D eigenvalue weighted by Gasteiger charge is -2.18. The number of esters is 2. The Labute approximate surface area is 173 Å². The maximum absolute atomic E-state index is 13.0. The molecule has 0 bridgehead atoms. The van der Waals surface area contributed by atoms with Crippen LogP contribution in [0.15, 0.2) is 72.8 Å². The molecule has 3 rings (SSSR count). The Hall–Kier alpha value is -3.15. The minimum atomic E-state index is -1.29. The van der Waals surface area contributed by atoms with Crippen molar-refractivity contribution < 1.29 is 24.2 Å². The van der Waals surface area contributed by atoms with Crippen LogP contribution in [-0.2, 0) is 20.9 Å². The first kappa shape index (κ1) is 20.6. The van der Waals surface area contributed by atoms with Gasteiger partial charge in [0.1, 0.15) is 0 Å². The van der Waals surface area contributed by atoms with Crippen LogP contribution in [0.25, 0.3) is 11.1 Å². The van der Waals surface area contributed by atoms with Crippen LogP contribution in [0.5, 0.6) is 0 Å². The Morgan fingerprint density at radius 1 is 1.00 bits per heavy atom. The second-order valence-corrected chi connectivity index (χ2v) is 6.64. The zero-order valence-corrected chi connectivity index (χ0v) is 16.4. The van der Waals surface area contributed by atoms with E-state index in [0.29, 0.717) is 21.7 Å². The van der Waals surface area contributed by atoms with Gasteiger partial charge in [0, 0.05) is 10.6 Å². The van der Waals surface area contributed by atoms with Gasteiger partial charge in [0.2, 0.25) is 6.10 Å². The molecule has 0 aromatic heterocycles. The molecule has 0 radical (unpaired) electrons. The van der Waals surface area contributed by atoms with Crippen LogP contribution in [0.1, 0.15) is 27.6 Å². The molecule has 0 spiro atoms. The van der Waals surface area contributed by atoms with Gasteiger partial charge in [0.15, 0.2) is 0 Å². The molecule has 0 aliphatic heterocycles. The molecule has 0 heterocycles. The molecule has 0 aliphatic rings. The van der Waals surface area contributed by atoms with E-state index in [9.17, 15) is 14.7 Å². The molecule has 1 unspecified atom stereocenters. The highest BCUT2D eigenvalue weighted by Crippen LogP contribution is 2.30. The van der Waals surface area contributed by atoms with E-state index in [2.05, 4.69) is 0 Å². The number of ether oxygens (including phenoxy) is 2. The summed E-state index contributed by atoms with van der Waals surface area (Å²) in [5, 5.41) is 9.68. The predicted molar refractivity (Wildman–Crippen MR) is 109 cm³/mol. The zero-order chi connectivity index (χ0) is 20.8. The molecule has 0 fully saturated rings. The monoisotopic (exact) mass is 410 g/mol. The lowest BCUT2D eigenvalue weighted by atomic mass is 9.98. The quantitative estimate of drug-likeness (QED) is 0.602. The van der Waals surface area contributed by atoms with Crippen molar-refractivity contribution in [1.29, 1.82) is 0 Å². The molecule has 6 heteroatoms. The number of rotatable bonds is 6. The van der Waals surface area contributed by atoms with E-state index in [4.69, 9.17) is 21.1 Å². The van der Waals surface area contributed by atoms with Crippen molar-refractivity contribution in [1.82, 2.24) is 0 Å². The number of hydrogen-bond acceptors (Lipinski definition) is 5. The summed E-state index contributed by atoms with van der Waals surface area (Å²) in [4.78, 5) is 25.3. The van der Waals surface area contributed by atoms with Gasteiger partial charge in [0.05, 0.1) is 19.3 Å². The van der Waals surface area contributed by atoms with Gasteiger partial charge in [-0.2, -0.15) is 0 Å². The fourth-order valence-electron chi connectivity index (χ4n) is 2.95. The summed E-state index contributed by atoms with van der Waals surface area (Å²) in [6.45, 7) is -0.114. The number of hydrogen-bond donors (Lipinski definition) is 1. The number of methoxy groups -OCH3 is 1. The molecule has 1 N–H and O–H groups in total. The Morgan fingerprint density at radius 2 is 1.72 bits per heavy atom. The van der Waals surface area contributed by atoms with Crippen LogP contribution in [0.2, 0.25) is 5.02 Å². The van der Waals surface area contributed by atoms with Gasteiger partial charge >= 0.3 is 11.9 Å². The van der Waals surface area contributed by atoms with Crippen LogP contribution < -0.4 is 0 Å². The maximum atomic E-state index is 13.0. The van der Waals surface area contributed by atoms with Gasteiger partial charge in [-0.3, -0.25) is 0 Å². The second-order valence-electron chi connectivity index (χ2n) is 6.23. The number of benzene rings is 3. The average Bonchev–Trinajstić information content (AvgIpc) is 2.77. The molecular weight excluding hydrogens is 392 g/mol. The molecule has 0 amide bonds. The van der Waals surface area contributed by atoms with E-state index < -0.39 is 18.0 Å². The summed E-state index contributed by atoms with van der Waals surface area (Å²) in [5.41, 5.74) is 2.71. The van der Waals surface area contributed by atoms with E-state index in [1.165, 1.54) is 7.11 Å². The molecule has 1 atom stereocenters. The molecule has 5 nitrogen and oxygen atoms in total. The van der Waals surface area contributed by atoms with E-state index in [1.807, 2.05) is 6.07 Å². The maximum Gasteiger partial charge on any atom is 0.352 e. The van der Waals surface area contributed by atoms with Crippen LogP contribution in [0.3, 0.4) is 0 Å². The predicted octanol–water partition coefficient (Wildman–Crippen LogP) is 4.57. The van der Waals surface area contributed by atoms with Crippen molar-refractivity contribution in [3.05, 3.63) is 94.5 Å². The lowest BCUT2D eigenvalue weighted by molar-refractivity contribution is -0.151. The number of carbonyl (C=O) groups excluding carboxylic acids is 2. The summed E-state index contributed by atoms with van der Waals surface area (Å²) in [7, 11) is 1.22. The van der Waals surface area contributed by atoms with Gasteiger partial charge < -0.3 is 14.6 Å². The summed E-state index contributed by atoms with van der Waals surface area (Å²) >= 11 is 6.19. The zero-order valence-electron chi connectivity index (χ0n) is 15.7. The first-order valence-corrected chi connectivity index (χ1v) is 9.25. The third-order valence-electron chi connectivity index (χ3n) is 4.40. The Bertz CT molecular complexity index is 1030. The number of aliphatic hydroxyl groups excluding tert-OH is 1. The fourth-order valence-corrected chi connectivity index (χ4v) is 3.19. The first-order chi connectivity index (χ1) is 14.0. The molecule has 29 heavy (non-hydrogen) atoms. The Kier molecular flexibility index (Phi) is 6.65. The highest BCUT2D eigenvalue weighted by Gasteiger charge is 2.29. The number of carbonyl (C=O) groups is 2. The van der Waals surface area contributed by atoms with E-state index in [0.717, 1.165) is 5.56 Å². The topological polar surface area (TPSA) is 72.8 Å². The normalized spacial score (nSPS) is 11.6. The van der Waals surface area contributed by atoms with Crippen LogP contribution in [0.4, 0.5) is 0 Å². The van der Waals surface area contributed by atoms with Crippen LogP contribution in [0, 0.1) is 0 Å². The smallest absolute Gasteiger partial charge is 0.352 e. The van der Waals surface area contributed by atoms with Gasteiger partial charge in [-0.05, 0) is 34.9 Å². The molecule has 0 saturated carbocycles. The number of halogens is 1. The average molecular weight is 411 g/mol. The first-order valence-electron chi connectivity index (χ1n) is 8.87. The van der Waals surface area contributed by atoms with Crippen molar-refractivity contribution in [2.24, 2.45) is 0 Å². The summed E-state index contributed by atoms with van der Waals surface area (Å²) in [5.74, 6) is -1.42. The molecule has 148 valence electrons. The third-order valence-corrected chi connectivity index (χ3v) is 4.74. The molecule has 3 aromatic rings. The number of aliphatic hydroxyl groups is 1. The fraction of sp³-hybridized carbons (Fsp3) is 0.130. The van der Waals surface area contributed by atoms with Crippen LogP contribution in [-0.4, -0.2) is 24.2 Å². The van der Waals surface area contributed by atoms with Gasteiger partial charge in [-0.25, -0.2) is 9.59 Å². The second kappa shape index (κ2) is 9.37. The highest BCUT2D eigenvalue weighted by atomic mass is 35.5. The standard InChI is InChI=1S/C23H19ClO5/c1-28-23(27)21(19-11-4-5-12-20(19)24)29-22(26)18-10-3-2-9-17(18)16-8-6-7-15(13-16)14-25/h2-13,21,25H,14H2,1H3. The van der Waals surface area contributed by atoms with E-state index >= 15 is 0 Å². The molecule has 0 saturated heterocycles. The minimum absolute atomic E-state index is 0.114. The third kappa shape index (κ3) is 4.65. The van der Waals surface area contributed by atoms with Gasteiger partial charge in [-0.1, -0.05) is 66.2 Å². The lowest BCUT2D eigenvalue weighted by Crippen LogP contribution is -2.22.